The average Bonchev–Trinajstić information content (AvgIpc) is 3.21. The van der Waals surface area contributed by atoms with Crippen molar-refractivity contribution in [2.75, 3.05) is 5.73 Å². The molecule has 3 heterocycles. The van der Waals surface area contributed by atoms with Crippen molar-refractivity contribution in [2.24, 2.45) is 5.92 Å². The number of thiophene rings is 1. The molecule has 0 fully saturated rings. The van der Waals surface area contributed by atoms with Gasteiger partial charge < -0.3 is 10.5 Å². The van der Waals surface area contributed by atoms with E-state index in [0.717, 1.165) is 33.4 Å². The van der Waals surface area contributed by atoms with E-state index < -0.39 is 5.97 Å². The second-order valence-electron chi connectivity index (χ2n) is 7.11. The van der Waals surface area contributed by atoms with Gasteiger partial charge in [0.05, 0.1) is 11.2 Å². The molecule has 0 unspecified atom stereocenters. The number of aromatic nitrogens is 4. The van der Waals surface area contributed by atoms with Crippen LogP contribution in [0.3, 0.4) is 0 Å². The lowest BCUT2D eigenvalue weighted by Gasteiger charge is -2.06. The molecule has 0 radical (unpaired) electrons. The highest BCUT2D eigenvalue weighted by Gasteiger charge is 2.18. The molecule has 0 aliphatic carbocycles. The lowest BCUT2D eigenvalue weighted by atomic mass is 10.2. The quantitative estimate of drug-likeness (QED) is 0.514. The molecule has 7 nitrogen and oxygen atoms in total. The number of para-hydroxylation sites is 1. The number of rotatable bonds is 5. The Morgan fingerprint density at radius 3 is 2.82 bits per heavy atom. The van der Waals surface area contributed by atoms with Gasteiger partial charge in [-0.3, -0.25) is 4.68 Å². The maximum Gasteiger partial charge on any atom is 0.348 e. The van der Waals surface area contributed by atoms with E-state index in [1.165, 1.54) is 11.3 Å². The first-order chi connectivity index (χ1) is 13.4. The fourth-order valence-corrected chi connectivity index (χ4v) is 4.16. The van der Waals surface area contributed by atoms with Crippen molar-refractivity contribution in [1.82, 2.24) is 19.7 Å². The number of nitrogens with two attached hydrogens (primary N) is 1. The Hall–Kier alpha value is -3.00. The van der Waals surface area contributed by atoms with Crippen LogP contribution in [0.25, 0.3) is 21.1 Å². The molecule has 2 N–H and O–H groups in total. The highest BCUT2D eigenvalue weighted by atomic mass is 32.1. The first-order valence-electron chi connectivity index (χ1n) is 9.07. The second kappa shape index (κ2) is 7.20. The molecule has 0 spiro atoms. The van der Waals surface area contributed by atoms with E-state index in [1.54, 1.807) is 0 Å². The lowest BCUT2D eigenvalue weighted by Crippen LogP contribution is -2.08. The van der Waals surface area contributed by atoms with Gasteiger partial charge >= 0.3 is 5.97 Å². The normalized spacial score (nSPS) is 11.6. The number of anilines is 1. The Morgan fingerprint density at radius 1 is 1.25 bits per heavy atom. The molecule has 8 heteroatoms. The number of hydrogen-bond donors (Lipinski definition) is 1. The molecule has 3 aromatic heterocycles. The first-order valence-corrected chi connectivity index (χ1v) is 9.89. The third-order valence-electron chi connectivity index (χ3n) is 4.36. The van der Waals surface area contributed by atoms with E-state index >= 15 is 0 Å². The molecule has 28 heavy (non-hydrogen) atoms. The summed E-state index contributed by atoms with van der Waals surface area (Å²) in [5, 5.41) is 6.34. The number of carbonyl (C=O) groups excluding carboxylic acids is 1. The molecule has 0 aliphatic rings. The molecule has 1 aromatic carbocycles. The van der Waals surface area contributed by atoms with Crippen LogP contribution >= 0.6 is 11.3 Å². The van der Waals surface area contributed by atoms with E-state index in [-0.39, 0.29) is 6.61 Å². The van der Waals surface area contributed by atoms with Crippen molar-refractivity contribution in [3.05, 3.63) is 46.7 Å². The summed E-state index contributed by atoms with van der Waals surface area (Å²) >= 11 is 1.40. The van der Waals surface area contributed by atoms with Gasteiger partial charge in [-0.2, -0.15) is 5.10 Å². The Morgan fingerprint density at radius 2 is 2.04 bits per heavy atom. The van der Waals surface area contributed by atoms with E-state index in [2.05, 4.69) is 28.9 Å². The van der Waals surface area contributed by atoms with Crippen LogP contribution < -0.4 is 5.73 Å². The van der Waals surface area contributed by atoms with Crippen LogP contribution in [-0.4, -0.2) is 25.7 Å². The van der Waals surface area contributed by atoms with E-state index in [0.29, 0.717) is 22.4 Å². The van der Waals surface area contributed by atoms with Gasteiger partial charge in [-0.05, 0) is 31.0 Å². The lowest BCUT2D eigenvalue weighted by molar-refractivity contribution is 0.0468. The molecule has 4 rings (SSSR count). The zero-order valence-corrected chi connectivity index (χ0v) is 16.8. The SMILES string of the molecule is Cc1nn(CC(C)C)c2sc(C(=O)OCc3nc(N)c4ccccc4n3)cc12. The number of esters is 1. The van der Waals surface area contributed by atoms with Crippen molar-refractivity contribution in [3.63, 3.8) is 0 Å². The Labute approximate surface area is 166 Å². The summed E-state index contributed by atoms with van der Waals surface area (Å²) in [7, 11) is 0. The fraction of sp³-hybridized carbons (Fsp3) is 0.300. The summed E-state index contributed by atoms with van der Waals surface area (Å²) in [6.45, 7) is 7.01. The van der Waals surface area contributed by atoms with Gasteiger partial charge in [0, 0.05) is 17.3 Å². The molecule has 0 atom stereocenters. The highest BCUT2D eigenvalue weighted by molar-refractivity contribution is 7.20. The minimum atomic E-state index is -0.396. The number of nitrogen functional groups attached to an aromatic ring is 1. The molecule has 0 amide bonds. The Bertz CT molecular complexity index is 1180. The van der Waals surface area contributed by atoms with Gasteiger partial charge in [0.25, 0.3) is 0 Å². The van der Waals surface area contributed by atoms with Crippen LogP contribution in [0.4, 0.5) is 5.82 Å². The van der Waals surface area contributed by atoms with Crippen LogP contribution in [0.1, 0.15) is 35.0 Å². The number of benzene rings is 1. The number of nitrogens with zero attached hydrogens (tertiary/aromatic N) is 4. The predicted octanol–water partition coefficient (Wildman–Crippen LogP) is 3.94. The summed E-state index contributed by atoms with van der Waals surface area (Å²) in [6, 6.07) is 9.32. The topological polar surface area (TPSA) is 95.9 Å². The van der Waals surface area contributed by atoms with E-state index in [4.69, 9.17) is 10.5 Å². The predicted molar refractivity (Wildman–Crippen MR) is 110 cm³/mol. The number of aryl methyl sites for hydroxylation is 1. The van der Waals surface area contributed by atoms with Crippen molar-refractivity contribution in [2.45, 2.75) is 33.9 Å². The maximum atomic E-state index is 12.6. The van der Waals surface area contributed by atoms with Crippen LogP contribution in [-0.2, 0) is 17.9 Å². The first kappa shape index (κ1) is 18.4. The molecular formula is C20H21N5O2S. The number of carbonyl (C=O) groups is 1. The van der Waals surface area contributed by atoms with Gasteiger partial charge in [-0.25, -0.2) is 14.8 Å². The van der Waals surface area contributed by atoms with Gasteiger partial charge in [-0.1, -0.05) is 26.0 Å². The number of hydrogen-bond acceptors (Lipinski definition) is 7. The maximum absolute atomic E-state index is 12.6. The summed E-state index contributed by atoms with van der Waals surface area (Å²) in [4.78, 5) is 22.7. The van der Waals surface area contributed by atoms with Crippen molar-refractivity contribution < 1.29 is 9.53 Å². The van der Waals surface area contributed by atoms with Crippen molar-refractivity contribution >= 4 is 44.2 Å². The zero-order valence-electron chi connectivity index (χ0n) is 16.0. The molecule has 0 aliphatic heterocycles. The van der Waals surface area contributed by atoms with Crippen LogP contribution in [0.2, 0.25) is 0 Å². The zero-order chi connectivity index (χ0) is 19.8. The van der Waals surface area contributed by atoms with Gasteiger partial charge in [-0.15, -0.1) is 11.3 Å². The Balaban J connectivity index is 1.54. The van der Waals surface area contributed by atoms with Crippen LogP contribution in [0.5, 0.6) is 0 Å². The molecule has 4 aromatic rings. The van der Waals surface area contributed by atoms with Crippen molar-refractivity contribution in [1.29, 1.82) is 0 Å². The molecule has 0 saturated heterocycles. The smallest absolute Gasteiger partial charge is 0.348 e. The minimum Gasteiger partial charge on any atom is -0.453 e. The fourth-order valence-electron chi connectivity index (χ4n) is 3.10. The molecule has 0 bridgehead atoms. The van der Waals surface area contributed by atoms with Crippen LogP contribution in [0.15, 0.2) is 30.3 Å². The van der Waals surface area contributed by atoms with E-state index in [9.17, 15) is 4.79 Å². The molecular weight excluding hydrogens is 374 g/mol. The van der Waals surface area contributed by atoms with Gasteiger partial charge in [0.2, 0.25) is 0 Å². The third-order valence-corrected chi connectivity index (χ3v) is 5.49. The van der Waals surface area contributed by atoms with Crippen LogP contribution in [0, 0.1) is 12.8 Å². The highest BCUT2D eigenvalue weighted by Crippen LogP contribution is 2.29. The van der Waals surface area contributed by atoms with E-state index in [1.807, 2.05) is 41.9 Å². The number of ether oxygens (including phenoxy) is 1. The van der Waals surface area contributed by atoms with Crippen molar-refractivity contribution in [3.8, 4) is 0 Å². The standard InChI is InChI=1S/C20H21N5O2S/c1-11(2)9-25-19-14(12(3)24-25)8-16(28-19)20(26)27-10-17-22-15-7-5-4-6-13(15)18(21)23-17/h4-8,11H,9-10H2,1-3H3,(H2,21,22,23). The summed E-state index contributed by atoms with van der Waals surface area (Å²) in [6.07, 6.45) is 0. The largest absolute Gasteiger partial charge is 0.453 e. The summed E-state index contributed by atoms with van der Waals surface area (Å²) < 4.78 is 7.40. The second-order valence-corrected chi connectivity index (χ2v) is 8.14. The average molecular weight is 395 g/mol. The molecule has 0 saturated carbocycles. The van der Waals surface area contributed by atoms with Gasteiger partial charge in [0.1, 0.15) is 15.5 Å². The van der Waals surface area contributed by atoms with Gasteiger partial charge in [0.15, 0.2) is 12.4 Å². The number of fused-ring (bicyclic) bond motifs is 2. The minimum absolute atomic E-state index is 0.0286. The summed E-state index contributed by atoms with van der Waals surface area (Å²) in [5.74, 6) is 0.832. The monoisotopic (exact) mass is 395 g/mol. The Kier molecular flexibility index (Phi) is 4.72. The molecule has 144 valence electrons. The summed E-state index contributed by atoms with van der Waals surface area (Å²) in [5.41, 5.74) is 7.63. The third kappa shape index (κ3) is 3.43.